The number of anilines is 1. The zero-order valence-electron chi connectivity index (χ0n) is 12.2. The lowest BCUT2D eigenvalue weighted by Gasteiger charge is -2.13. The van der Waals surface area contributed by atoms with Crippen LogP contribution in [0.3, 0.4) is 0 Å². The highest BCUT2D eigenvalue weighted by atomic mass is 32.2. The van der Waals surface area contributed by atoms with E-state index >= 15 is 0 Å². The van der Waals surface area contributed by atoms with Crippen LogP contribution in [0.2, 0.25) is 0 Å². The fraction of sp³-hybridized carbons (Fsp3) is 0.125. The third-order valence-corrected chi connectivity index (χ3v) is 3.86. The summed E-state index contributed by atoms with van der Waals surface area (Å²) in [5, 5.41) is 24.2. The third-order valence-electron chi connectivity index (χ3n) is 3.28. The van der Waals surface area contributed by atoms with Gasteiger partial charge in [0.15, 0.2) is 0 Å². The second-order valence-corrected chi connectivity index (χ2v) is 5.61. The smallest absolute Gasteiger partial charge is 0.293 e. The van der Waals surface area contributed by atoms with Crippen LogP contribution in [0.25, 0.3) is 0 Å². The predicted molar refractivity (Wildman–Crippen MR) is 88.1 cm³/mol. The van der Waals surface area contributed by atoms with E-state index in [4.69, 9.17) is 5.26 Å². The molecule has 0 aliphatic heterocycles. The van der Waals surface area contributed by atoms with Gasteiger partial charge in [0.1, 0.15) is 11.1 Å². The van der Waals surface area contributed by atoms with E-state index in [0.717, 1.165) is 17.3 Å². The van der Waals surface area contributed by atoms with Gasteiger partial charge in [0, 0.05) is 11.0 Å². The van der Waals surface area contributed by atoms with Crippen LogP contribution in [-0.4, -0.2) is 10.8 Å². The van der Waals surface area contributed by atoms with Crippen LogP contribution in [0.15, 0.2) is 53.4 Å². The maximum Gasteiger partial charge on any atom is 0.293 e. The second kappa shape index (κ2) is 7.42. The average molecular weight is 327 g/mol. The summed E-state index contributed by atoms with van der Waals surface area (Å²) >= 11 is 0.826. The number of nitrogens with one attached hydrogen (secondary N) is 1. The van der Waals surface area contributed by atoms with Crippen LogP contribution >= 0.6 is 11.8 Å². The first-order valence-corrected chi connectivity index (χ1v) is 7.54. The van der Waals surface area contributed by atoms with Crippen LogP contribution in [-0.2, 0) is 4.79 Å². The molecule has 0 aromatic heterocycles. The first-order valence-electron chi connectivity index (χ1n) is 6.73. The molecular weight excluding hydrogens is 314 g/mol. The number of nitro benzene ring substituents is 1. The van der Waals surface area contributed by atoms with E-state index in [-0.39, 0.29) is 17.3 Å². The first-order chi connectivity index (χ1) is 11.0. The van der Waals surface area contributed by atoms with Crippen LogP contribution < -0.4 is 5.32 Å². The summed E-state index contributed by atoms with van der Waals surface area (Å²) in [5.74, 6) is -0.774. The summed E-state index contributed by atoms with van der Waals surface area (Å²) < 4.78 is 0. The molecule has 0 aliphatic rings. The maximum atomic E-state index is 12.3. The topological polar surface area (TPSA) is 96.0 Å². The normalized spacial score (nSPS) is 11.3. The van der Waals surface area contributed by atoms with E-state index in [1.807, 2.05) is 35.7 Å². The molecule has 1 unspecified atom stereocenters. The average Bonchev–Trinajstić information content (AvgIpc) is 2.56. The highest BCUT2D eigenvalue weighted by molar-refractivity contribution is 8.03. The van der Waals surface area contributed by atoms with E-state index in [1.165, 1.54) is 12.1 Å². The molecule has 0 aliphatic carbocycles. The number of benzene rings is 2. The van der Waals surface area contributed by atoms with Crippen molar-refractivity contribution in [3.63, 3.8) is 0 Å². The number of nitro groups is 1. The Kier molecular flexibility index (Phi) is 5.33. The van der Waals surface area contributed by atoms with Crippen LogP contribution in [0.4, 0.5) is 11.4 Å². The fourth-order valence-electron chi connectivity index (χ4n) is 2.02. The van der Waals surface area contributed by atoms with Crippen molar-refractivity contribution in [2.45, 2.75) is 17.7 Å². The van der Waals surface area contributed by atoms with E-state index in [0.29, 0.717) is 4.90 Å². The molecule has 1 atom stereocenters. The highest BCUT2D eigenvalue weighted by Gasteiger charge is 2.20. The molecule has 2 rings (SSSR count). The molecule has 116 valence electrons. The zero-order chi connectivity index (χ0) is 16.8. The Labute approximate surface area is 137 Å². The first kappa shape index (κ1) is 16.5. The highest BCUT2D eigenvalue weighted by Crippen LogP contribution is 2.30. The molecule has 7 heteroatoms. The molecule has 0 fully saturated rings. The van der Waals surface area contributed by atoms with Gasteiger partial charge in [0.25, 0.3) is 5.69 Å². The number of thiocyanates is 1. The number of amides is 1. The number of nitriles is 1. The van der Waals surface area contributed by atoms with Gasteiger partial charge in [-0.1, -0.05) is 30.3 Å². The molecule has 6 nitrogen and oxygen atoms in total. The largest absolute Gasteiger partial charge is 0.320 e. The molecule has 23 heavy (non-hydrogen) atoms. The van der Waals surface area contributed by atoms with Gasteiger partial charge in [-0.25, -0.2) is 0 Å². The lowest BCUT2D eigenvalue weighted by Crippen LogP contribution is -2.19. The Balaban J connectivity index is 2.24. The van der Waals surface area contributed by atoms with Crippen LogP contribution in [0.1, 0.15) is 18.4 Å². The molecule has 2 aromatic rings. The summed E-state index contributed by atoms with van der Waals surface area (Å²) in [5.41, 5.74) is 0.702. The molecule has 0 saturated carbocycles. The minimum Gasteiger partial charge on any atom is -0.320 e. The van der Waals surface area contributed by atoms with Gasteiger partial charge in [-0.15, -0.1) is 0 Å². The van der Waals surface area contributed by atoms with Crippen LogP contribution in [0.5, 0.6) is 0 Å². The van der Waals surface area contributed by atoms with Crippen molar-refractivity contribution in [1.82, 2.24) is 0 Å². The van der Waals surface area contributed by atoms with Gasteiger partial charge in [0.05, 0.1) is 10.8 Å². The zero-order valence-corrected chi connectivity index (χ0v) is 13.0. The molecule has 1 N–H and O–H groups in total. The Morgan fingerprint density at radius 3 is 2.61 bits per heavy atom. The van der Waals surface area contributed by atoms with E-state index < -0.39 is 10.8 Å². The number of hydrogen-bond donors (Lipinski definition) is 1. The monoisotopic (exact) mass is 327 g/mol. The number of carbonyl (C=O) groups excluding carboxylic acids is 1. The number of thioether (sulfide) groups is 1. The summed E-state index contributed by atoms with van der Waals surface area (Å²) in [6.07, 6.45) is 0. The molecule has 0 bridgehead atoms. The van der Waals surface area contributed by atoms with Gasteiger partial charge >= 0.3 is 0 Å². The molecule has 0 radical (unpaired) electrons. The molecule has 2 aromatic carbocycles. The predicted octanol–water partition coefficient (Wildman–Crippen LogP) is 3.91. The SMILES string of the molecule is CC(C(=O)Nc1ccc(SC#N)cc1[N+](=O)[O-])c1ccccc1. The van der Waals surface area contributed by atoms with Crippen molar-refractivity contribution in [3.05, 3.63) is 64.2 Å². The summed E-state index contributed by atoms with van der Waals surface area (Å²) in [7, 11) is 0. The summed E-state index contributed by atoms with van der Waals surface area (Å²) in [4.78, 5) is 23.3. The maximum absolute atomic E-state index is 12.3. The Hall–Kier alpha value is -2.85. The van der Waals surface area contributed by atoms with Gasteiger partial charge in [-0.2, -0.15) is 5.26 Å². The Bertz CT molecular complexity index is 772. The Morgan fingerprint density at radius 2 is 2.00 bits per heavy atom. The third kappa shape index (κ3) is 4.08. The standard InChI is InChI=1S/C16H13N3O3S/c1-11(12-5-3-2-4-6-12)16(20)18-14-8-7-13(23-10-17)9-15(14)19(21)22/h2-9,11H,1H3,(H,18,20). The summed E-state index contributed by atoms with van der Waals surface area (Å²) in [6.45, 7) is 1.73. The number of nitrogens with zero attached hydrogens (tertiary/aromatic N) is 2. The molecule has 0 saturated heterocycles. The minimum absolute atomic E-state index is 0.116. The van der Waals surface area contributed by atoms with Gasteiger partial charge in [-0.3, -0.25) is 14.9 Å². The van der Waals surface area contributed by atoms with Gasteiger partial charge in [0.2, 0.25) is 5.91 Å². The lowest BCUT2D eigenvalue weighted by molar-refractivity contribution is -0.384. The van der Waals surface area contributed by atoms with Crippen molar-refractivity contribution in [2.75, 3.05) is 5.32 Å². The van der Waals surface area contributed by atoms with E-state index in [1.54, 1.807) is 13.0 Å². The van der Waals surface area contributed by atoms with Gasteiger partial charge in [-0.05, 0) is 36.4 Å². The van der Waals surface area contributed by atoms with Crippen LogP contribution in [0, 0.1) is 20.8 Å². The van der Waals surface area contributed by atoms with E-state index in [2.05, 4.69) is 5.32 Å². The minimum atomic E-state index is -0.579. The van der Waals surface area contributed by atoms with Crippen molar-refractivity contribution in [3.8, 4) is 5.40 Å². The summed E-state index contributed by atoms with van der Waals surface area (Å²) in [6, 6.07) is 13.4. The quantitative estimate of drug-likeness (QED) is 0.389. The van der Waals surface area contributed by atoms with Gasteiger partial charge < -0.3 is 5.32 Å². The lowest BCUT2D eigenvalue weighted by atomic mass is 10.0. The van der Waals surface area contributed by atoms with Crippen molar-refractivity contribution in [1.29, 1.82) is 5.26 Å². The van der Waals surface area contributed by atoms with Crippen molar-refractivity contribution < 1.29 is 9.72 Å². The van der Waals surface area contributed by atoms with E-state index in [9.17, 15) is 14.9 Å². The number of rotatable bonds is 5. The molecule has 0 spiro atoms. The fourth-order valence-corrected chi connectivity index (χ4v) is 2.43. The van der Waals surface area contributed by atoms with Crippen molar-refractivity contribution >= 4 is 29.0 Å². The van der Waals surface area contributed by atoms with Crippen molar-refractivity contribution in [2.24, 2.45) is 0 Å². The number of carbonyl (C=O) groups is 1. The Morgan fingerprint density at radius 1 is 1.30 bits per heavy atom. The molecule has 1 amide bonds. The molecule has 0 heterocycles. The number of hydrogen-bond acceptors (Lipinski definition) is 5. The second-order valence-electron chi connectivity index (χ2n) is 4.75. The molecular formula is C16H13N3O3S.